The molecular formula is C25H18BrN3O2S. The number of carbonyl (C=O) groups is 1. The van der Waals surface area contributed by atoms with Crippen molar-refractivity contribution < 1.29 is 9.53 Å². The van der Waals surface area contributed by atoms with Crippen molar-refractivity contribution in [2.45, 2.75) is 18.3 Å². The highest BCUT2D eigenvalue weighted by atomic mass is 79.9. The van der Waals surface area contributed by atoms with Crippen LogP contribution in [0.1, 0.15) is 29.2 Å². The number of amides is 1. The second kappa shape index (κ2) is 7.53. The Kier molecular flexibility index (Phi) is 4.62. The molecule has 3 heterocycles. The van der Waals surface area contributed by atoms with E-state index in [9.17, 15) is 4.79 Å². The van der Waals surface area contributed by atoms with E-state index in [1.807, 2.05) is 71.7 Å². The van der Waals surface area contributed by atoms with E-state index in [4.69, 9.17) is 9.84 Å². The van der Waals surface area contributed by atoms with Crippen molar-refractivity contribution in [2.75, 3.05) is 0 Å². The summed E-state index contributed by atoms with van der Waals surface area (Å²) in [6.07, 6.45) is 2.72. The fraction of sp³-hybridized carbons (Fsp3) is 0.120. The third-order valence-electron chi connectivity index (χ3n) is 5.83. The maximum atomic E-state index is 12.7. The molecule has 32 heavy (non-hydrogen) atoms. The van der Waals surface area contributed by atoms with Crippen LogP contribution in [0.5, 0.6) is 5.75 Å². The molecule has 158 valence electrons. The summed E-state index contributed by atoms with van der Waals surface area (Å²) >= 11 is 4.75. The van der Waals surface area contributed by atoms with Crippen molar-refractivity contribution in [3.8, 4) is 5.75 Å². The third kappa shape index (κ3) is 3.15. The second-order valence-electron chi connectivity index (χ2n) is 7.84. The molecule has 1 fully saturated rings. The lowest BCUT2D eigenvalue weighted by atomic mass is 9.95. The van der Waals surface area contributed by atoms with Crippen LogP contribution in [0.25, 0.3) is 6.08 Å². The number of nitrogens with one attached hydrogen (secondary N) is 1. The lowest BCUT2D eigenvalue weighted by molar-refractivity contribution is -0.0949. The molecule has 1 saturated heterocycles. The summed E-state index contributed by atoms with van der Waals surface area (Å²) in [6, 6.07) is 26.0. The molecule has 7 heteroatoms. The van der Waals surface area contributed by atoms with Gasteiger partial charge in [0.05, 0.1) is 16.7 Å². The number of fused-ring (bicyclic) bond motifs is 4. The smallest absolute Gasteiger partial charge is 0.314 e. The van der Waals surface area contributed by atoms with Crippen molar-refractivity contribution >= 4 is 44.7 Å². The van der Waals surface area contributed by atoms with E-state index in [0.717, 1.165) is 55.7 Å². The molecule has 3 aromatic rings. The SMILES string of the molecule is O=C1N[C@]2(Oc3ccc(Br)cc3[C@H]3CC(c4ccccc4)=NN32)/C(=C/c2ccccc2)S1. The molecule has 0 bridgehead atoms. The van der Waals surface area contributed by atoms with Crippen LogP contribution in [-0.4, -0.2) is 21.8 Å². The summed E-state index contributed by atoms with van der Waals surface area (Å²) in [7, 11) is 0. The van der Waals surface area contributed by atoms with Crippen LogP contribution in [0.15, 0.2) is 93.3 Å². The van der Waals surface area contributed by atoms with E-state index in [1.54, 1.807) is 0 Å². The first-order chi connectivity index (χ1) is 15.6. The molecule has 0 unspecified atom stereocenters. The molecule has 3 aliphatic rings. The van der Waals surface area contributed by atoms with Gasteiger partial charge in [0.25, 0.3) is 5.24 Å². The minimum atomic E-state index is -1.18. The Labute approximate surface area is 198 Å². The Bertz CT molecular complexity index is 1280. The summed E-state index contributed by atoms with van der Waals surface area (Å²) < 4.78 is 7.55. The Hall–Kier alpha value is -3.03. The maximum absolute atomic E-state index is 12.7. The molecule has 1 spiro atoms. The molecule has 0 saturated carbocycles. The summed E-state index contributed by atoms with van der Waals surface area (Å²) in [6.45, 7) is 0. The molecule has 3 aliphatic heterocycles. The van der Waals surface area contributed by atoms with Gasteiger partial charge in [-0.3, -0.25) is 10.1 Å². The quantitative estimate of drug-likeness (QED) is 0.455. The summed E-state index contributed by atoms with van der Waals surface area (Å²) in [4.78, 5) is 13.4. The normalized spacial score (nSPS) is 24.7. The van der Waals surface area contributed by atoms with E-state index in [1.165, 1.54) is 0 Å². The standard InChI is InChI=1S/C25H18BrN3O2S/c26-18-11-12-22-19(14-18)21-15-20(17-9-5-2-6-10-17)28-29(21)25(31-22)23(32-24(30)27-25)13-16-7-3-1-4-8-16/h1-14,21H,15H2,(H,27,30)/b23-13-/t21-,25-/m1/s1. The first-order valence-electron chi connectivity index (χ1n) is 10.3. The molecular weight excluding hydrogens is 486 g/mol. The molecule has 5 nitrogen and oxygen atoms in total. The van der Waals surface area contributed by atoms with Crippen LogP contribution < -0.4 is 10.1 Å². The van der Waals surface area contributed by atoms with Crippen LogP contribution in [0, 0.1) is 0 Å². The van der Waals surface area contributed by atoms with E-state index in [-0.39, 0.29) is 11.3 Å². The van der Waals surface area contributed by atoms with Crippen LogP contribution in [0.3, 0.4) is 0 Å². The van der Waals surface area contributed by atoms with Gasteiger partial charge >= 0.3 is 5.85 Å². The molecule has 0 aliphatic carbocycles. The van der Waals surface area contributed by atoms with Crippen LogP contribution in [0.4, 0.5) is 4.79 Å². The van der Waals surface area contributed by atoms with E-state index in [0.29, 0.717) is 0 Å². The third-order valence-corrected chi connectivity index (χ3v) is 7.23. The van der Waals surface area contributed by atoms with Gasteiger partial charge in [0.1, 0.15) is 5.75 Å². The molecule has 6 rings (SSSR count). The molecule has 0 radical (unpaired) electrons. The molecule has 1 amide bonds. The number of benzene rings is 3. The maximum Gasteiger partial charge on any atom is 0.314 e. The van der Waals surface area contributed by atoms with Gasteiger partial charge in [-0.15, -0.1) is 0 Å². The molecule has 2 atom stereocenters. The Morgan fingerprint density at radius 1 is 1.09 bits per heavy atom. The number of rotatable bonds is 2. The summed E-state index contributed by atoms with van der Waals surface area (Å²) in [5.41, 5.74) is 4.08. The Balaban J connectivity index is 1.53. The number of hydrogen-bond donors (Lipinski definition) is 1. The zero-order valence-electron chi connectivity index (χ0n) is 16.9. The largest absolute Gasteiger partial charge is 0.444 e. The van der Waals surface area contributed by atoms with E-state index < -0.39 is 5.85 Å². The minimum Gasteiger partial charge on any atom is -0.444 e. The van der Waals surface area contributed by atoms with E-state index >= 15 is 0 Å². The number of nitrogens with zero attached hydrogens (tertiary/aromatic N) is 2. The Morgan fingerprint density at radius 2 is 1.84 bits per heavy atom. The number of thioether (sulfide) groups is 1. The monoisotopic (exact) mass is 503 g/mol. The fourth-order valence-electron chi connectivity index (χ4n) is 4.39. The highest BCUT2D eigenvalue weighted by molar-refractivity contribution is 9.10. The molecule has 3 aromatic carbocycles. The van der Waals surface area contributed by atoms with Gasteiger partial charge in [-0.05, 0) is 47.2 Å². The van der Waals surface area contributed by atoms with E-state index in [2.05, 4.69) is 39.4 Å². The molecule has 1 N–H and O–H groups in total. The van der Waals surface area contributed by atoms with Crippen molar-refractivity contribution in [3.63, 3.8) is 0 Å². The number of ether oxygens (including phenoxy) is 1. The van der Waals surface area contributed by atoms with Gasteiger partial charge in [0.2, 0.25) is 0 Å². The van der Waals surface area contributed by atoms with Crippen molar-refractivity contribution in [3.05, 3.63) is 105 Å². The first kappa shape index (κ1) is 19.6. The highest BCUT2D eigenvalue weighted by Gasteiger charge is 2.58. The van der Waals surface area contributed by atoms with Crippen LogP contribution in [-0.2, 0) is 0 Å². The Morgan fingerprint density at radius 3 is 2.62 bits per heavy atom. The fourth-order valence-corrected chi connectivity index (χ4v) is 5.68. The lowest BCUT2D eigenvalue weighted by Gasteiger charge is -2.45. The minimum absolute atomic E-state index is 0.0652. The highest BCUT2D eigenvalue weighted by Crippen LogP contribution is 2.53. The summed E-state index contributed by atoms with van der Waals surface area (Å²) in [5, 5.41) is 9.86. The van der Waals surface area contributed by atoms with Gasteiger partial charge in [0, 0.05) is 16.5 Å². The predicted octanol–water partition coefficient (Wildman–Crippen LogP) is 6.14. The lowest BCUT2D eigenvalue weighted by Crippen LogP contribution is -2.61. The number of hydrogen-bond acceptors (Lipinski definition) is 5. The number of halogens is 1. The number of hydrazone groups is 1. The zero-order valence-corrected chi connectivity index (χ0v) is 19.3. The van der Waals surface area contributed by atoms with Gasteiger partial charge in [-0.25, -0.2) is 5.01 Å². The predicted molar refractivity (Wildman–Crippen MR) is 130 cm³/mol. The van der Waals surface area contributed by atoms with Crippen LogP contribution in [0.2, 0.25) is 0 Å². The topological polar surface area (TPSA) is 53.9 Å². The van der Waals surface area contributed by atoms with Gasteiger partial charge in [0.15, 0.2) is 0 Å². The first-order valence-corrected chi connectivity index (χ1v) is 11.9. The van der Waals surface area contributed by atoms with Crippen molar-refractivity contribution in [1.29, 1.82) is 0 Å². The zero-order chi connectivity index (χ0) is 21.7. The average molecular weight is 504 g/mol. The van der Waals surface area contributed by atoms with Gasteiger partial charge in [-0.2, -0.15) is 5.10 Å². The van der Waals surface area contributed by atoms with Gasteiger partial charge in [-0.1, -0.05) is 76.6 Å². The number of carbonyl (C=O) groups excluding carboxylic acids is 1. The molecule has 0 aromatic heterocycles. The average Bonchev–Trinajstić information content (AvgIpc) is 3.39. The van der Waals surface area contributed by atoms with Gasteiger partial charge < -0.3 is 4.74 Å². The van der Waals surface area contributed by atoms with Crippen molar-refractivity contribution in [2.24, 2.45) is 5.10 Å². The van der Waals surface area contributed by atoms with Crippen LogP contribution >= 0.6 is 27.7 Å². The second-order valence-corrected chi connectivity index (χ2v) is 9.77. The van der Waals surface area contributed by atoms with Crippen molar-refractivity contribution in [1.82, 2.24) is 10.3 Å². The summed E-state index contributed by atoms with van der Waals surface area (Å²) in [5.74, 6) is -0.430.